The molecule has 1 atom stereocenters. The van der Waals surface area contributed by atoms with Gasteiger partial charge in [-0.25, -0.2) is 4.79 Å². The summed E-state index contributed by atoms with van der Waals surface area (Å²) in [5.41, 5.74) is -0.803. The lowest BCUT2D eigenvalue weighted by atomic mass is 9.77. The van der Waals surface area contributed by atoms with E-state index in [4.69, 9.17) is 14.2 Å². The molecule has 0 saturated heterocycles. The zero-order chi connectivity index (χ0) is 14.2. The lowest BCUT2D eigenvalue weighted by molar-refractivity contribution is -0.164. The predicted molar refractivity (Wildman–Crippen MR) is 67.2 cm³/mol. The van der Waals surface area contributed by atoms with Crippen molar-refractivity contribution in [2.75, 3.05) is 13.2 Å². The van der Waals surface area contributed by atoms with E-state index in [2.05, 4.69) is 0 Å². The molecule has 0 heterocycles. The van der Waals surface area contributed by atoms with Crippen molar-refractivity contribution in [2.24, 2.45) is 5.41 Å². The number of ether oxygens (including phenoxy) is 3. The molecule has 0 aromatic heterocycles. The van der Waals surface area contributed by atoms with Crippen LogP contribution in [0.15, 0.2) is 0 Å². The van der Waals surface area contributed by atoms with Crippen LogP contribution in [0.25, 0.3) is 0 Å². The van der Waals surface area contributed by atoms with Crippen LogP contribution < -0.4 is 0 Å². The Morgan fingerprint density at radius 3 is 1.89 bits per heavy atom. The molecule has 5 nitrogen and oxygen atoms in total. The van der Waals surface area contributed by atoms with Crippen LogP contribution in [0, 0.1) is 5.41 Å². The van der Waals surface area contributed by atoms with Crippen molar-refractivity contribution in [1.82, 2.24) is 0 Å². The van der Waals surface area contributed by atoms with Crippen molar-refractivity contribution < 1.29 is 23.8 Å². The molecule has 0 aliphatic rings. The fraction of sp³-hybridized carbons (Fsp3) is 0.846. The monoisotopic (exact) mass is 260 g/mol. The second-order valence-electron chi connectivity index (χ2n) is 4.03. The third kappa shape index (κ3) is 3.89. The van der Waals surface area contributed by atoms with Gasteiger partial charge in [-0.3, -0.25) is 4.79 Å². The van der Waals surface area contributed by atoms with Crippen LogP contribution in [0.4, 0.5) is 4.79 Å². The van der Waals surface area contributed by atoms with Crippen LogP contribution in [0.5, 0.6) is 0 Å². The van der Waals surface area contributed by atoms with Crippen molar-refractivity contribution in [3.05, 3.63) is 0 Å². The van der Waals surface area contributed by atoms with E-state index in [0.717, 1.165) is 0 Å². The van der Waals surface area contributed by atoms with E-state index < -0.39 is 17.7 Å². The first-order valence-corrected chi connectivity index (χ1v) is 6.49. The van der Waals surface area contributed by atoms with Gasteiger partial charge >= 0.3 is 12.1 Å². The van der Waals surface area contributed by atoms with Crippen molar-refractivity contribution in [1.29, 1.82) is 0 Å². The molecule has 0 aromatic rings. The lowest BCUT2D eigenvalue weighted by Gasteiger charge is -2.34. The SMILES string of the molecule is CCOC(=O)OC(C)C(CC)(CC)C(=O)OCC. The molecule has 0 aliphatic heterocycles. The van der Waals surface area contributed by atoms with Crippen molar-refractivity contribution in [3.63, 3.8) is 0 Å². The Morgan fingerprint density at radius 1 is 1.00 bits per heavy atom. The third-order valence-corrected chi connectivity index (χ3v) is 3.26. The molecule has 106 valence electrons. The molecule has 0 aliphatic carbocycles. The molecule has 5 heteroatoms. The molecule has 0 fully saturated rings. The lowest BCUT2D eigenvalue weighted by Crippen LogP contribution is -2.43. The van der Waals surface area contributed by atoms with Crippen LogP contribution in [0.2, 0.25) is 0 Å². The van der Waals surface area contributed by atoms with E-state index in [1.54, 1.807) is 20.8 Å². The summed E-state index contributed by atoms with van der Waals surface area (Å²) in [6.45, 7) is 9.47. The highest BCUT2D eigenvalue weighted by Crippen LogP contribution is 2.34. The van der Waals surface area contributed by atoms with Crippen molar-refractivity contribution >= 4 is 12.1 Å². The van der Waals surface area contributed by atoms with Gasteiger partial charge in [0.2, 0.25) is 0 Å². The van der Waals surface area contributed by atoms with E-state index in [9.17, 15) is 9.59 Å². The highest BCUT2D eigenvalue weighted by atomic mass is 16.7. The first-order chi connectivity index (χ1) is 8.48. The van der Waals surface area contributed by atoms with Crippen LogP contribution >= 0.6 is 0 Å². The van der Waals surface area contributed by atoms with Gasteiger partial charge in [0.15, 0.2) is 0 Å². The summed E-state index contributed by atoms with van der Waals surface area (Å²) in [5.74, 6) is -0.327. The number of carbonyl (C=O) groups is 2. The molecule has 0 bridgehead atoms. The maximum Gasteiger partial charge on any atom is 0.508 e. The van der Waals surface area contributed by atoms with Gasteiger partial charge < -0.3 is 14.2 Å². The van der Waals surface area contributed by atoms with E-state index >= 15 is 0 Å². The minimum absolute atomic E-state index is 0.246. The Labute approximate surface area is 109 Å². The molecule has 0 aromatic carbocycles. The smallest absolute Gasteiger partial charge is 0.465 e. The van der Waals surface area contributed by atoms with E-state index in [1.807, 2.05) is 13.8 Å². The number of esters is 1. The fourth-order valence-corrected chi connectivity index (χ4v) is 1.96. The minimum atomic E-state index is -0.803. The van der Waals surface area contributed by atoms with Gasteiger partial charge in [-0.1, -0.05) is 13.8 Å². The van der Waals surface area contributed by atoms with Gasteiger partial charge in [0, 0.05) is 0 Å². The largest absolute Gasteiger partial charge is 0.508 e. The number of carbonyl (C=O) groups excluding carboxylic acids is 2. The van der Waals surface area contributed by atoms with Gasteiger partial charge in [-0.2, -0.15) is 0 Å². The van der Waals surface area contributed by atoms with Gasteiger partial charge in [-0.05, 0) is 33.6 Å². The zero-order valence-corrected chi connectivity index (χ0v) is 11.9. The predicted octanol–water partition coefficient (Wildman–Crippen LogP) is 2.92. The number of rotatable bonds is 7. The highest BCUT2D eigenvalue weighted by Gasteiger charge is 2.44. The third-order valence-electron chi connectivity index (χ3n) is 3.26. The standard InChI is InChI=1S/C13H24O5/c1-6-13(7-2,11(14)16-8-3)10(5)18-12(15)17-9-4/h10H,6-9H2,1-5H3. The minimum Gasteiger partial charge on any atom is -0.465 e. The quantitative estimate of drug-likeness (QED) is 0.659. The molecule has 0 radical (unpaired) electrons. The molecular weight excluding hydrogens is 236 g/mol. The van der Waals surface area contributed by atoms with Crippen LogP contribution in [0.3, 0.4) is 0 Å². The summed E-state index contributed by atoms with van der Waals surface area (Å²) in [5, 5.41) is 0. The van der Waals surface area contributed by atoms with Crippen LogP contribution in [-0.4, -0.2) is 31.4 Å². The topological polar surface area (TPSA) is 61.8 Å². The molecular formula is C13H24O5. The molecule has 0 saturated carbocycles. The second-order valence-corrected chi connectivity index (χ2v) is 4.03. The Morgan fingerprint density at radius 2 is 1.50 bits per heavy atom. The van der Waals surface area contributed by atoms with Crippen molar-refractivity contribution in [2.45, 2.75) is 53.6 Å². The molecule has 0 spiro atoms. The first-order valence-electron chi connectivity index (χ1n) is 6.49. The molecule has 0 N–H and O–H groups in total. The highest BCUT2D eigenvalue weighted by molar-refractivity contribution is 5.78. The average Bonchev–Trinajstić information content (AvgIpc) is 2.31. The van der Waals surface area contributed by atoms with Gasteiger partial charge in [0.25, 0.3) is 0 Å². The van der Waals surface area contributed by atoms with Gasteiger partial charge in [-0.15, -0.1) is 0 Å². The maximum absolute atomic E-state index is 12.1. The number of hydrogen-bond acceptors (Lipinski definition) is 5. The van der Waals surface area contributed by atoms with Gasteiger partial charge in [0.1, 0.15) is 11.5 Å². The molecule has 0 rings (SSSR count). The first kappa shape index (κ1) is 16.7. The summed E-state index contributed by atoms with van der Waals surface area (Å²) in [7, 11) is 0. The Kier molecular flexibility index (Phi) is 7.39. The van der Waals surface area contributed by atoms with Gasteiger partial charge in [0.05, 0.1) is 13.2 Å². The van der Waals surface area contributed by atoms with E-state index in [-0.39, 0.29) is 12.6 Å². The Balaban J connectivity index is 4.86. The van der Waals surface area contributed by atoms with Crippen LogP contribution in [0.1, 0.15) is 47.5 Å². The fourth-order valence-electron chi connectivity index (χ4n) is 1.96. The average molecular weight is 260 g/mol. The molecule has 0 amide bonds. The van der Waals surface area contributed by atoms with E-state index in [0.29, 0.717) is 19.4 Å². The normalized spacial score (nSPS) is 12.7. The zero-order valence-electron chi connectivity index (χ0n) is 11.9. The number of hydrogen-bond donors (Lipinski definition) is 0. The Hall–Kier alpha value is -1.26. The summed E-state index contributed by atoms with van der Waals surface area (Å²) in [6.07, 6.45) is -0.239. The second kappa shape index (κ2) is 7.95. The maximum atomic E-state index is 12.1. The summed E-state index contributed by atoms with van der Waals surface area (Å²) >= 11 is 0. The summed E-state index contributed by atoms with van der Waals surface area (Å²) in [6, 6.07) is 0. The Bertz CT molecular complexity index is 271. The molecule has 1 unspecified atom stereocenters. The van der Waals surface area contributed by atoms with Crippen LogP contribution in [-0.2, 0) is 19.0 Å². The summed E-state index contributed by atoms with van der Waals surface area (Å²) < 4.78 is 14.9. The molecule has 18 heavy (non-hydrogen) atoms. The van der Waals surface area contributed by atoms with Crippen molar-refractivity contribution in [3.8, 4) is 0 Å². The van der Waals surface area contributed by atoms with E-state index in [1.165, 1.54) is 0 Å². The summed E-state index contributed by atoms with van der Waals surface area (Å²) in [4.78, 5) is 23.4.